The third kappa shape index (κ3) is 3.74. The maximum absolute atomic E-state index is 12.7. The van der Waals surface area contributed by atoms with Crippen molar-refractivity contribution in [3.05, 3.63) is 35.4 Å². The van der Waals surface area contributed by atoms with Gasteiger partial charge in [-0.05, 0) is 0 Å². The van der Waals surface area contributed by atoms with Crippen molar-refractivity contribution in [3.8, 4) is 0 Å². The highest BCUT2D eigenvalue weighted by Gasteiger charge is 2.68. The lowest BCUT2D eigenvalue weighted by Crippen LogP contribution is -2.52. The second-order valence-electron chi connectivity index (χ2n) is 8.47. The summed E-state index contributed by atoms with van der Waals surface area (Å²) in [5.74, 6) is -0.465. The molecule has 5 heterocycles. The van der Waals surface area contributed by atoms with Crippen LogP contribution in [-0.2, 0) is 23.4 Å². The summed E-state index contributed by atoms with van der Waals surface area (Å²) >= 11 is 0. The molecule has 2 bridgehead atoms. The minimum Gasteiger partial charge on any atom is -0.387 e. The number of carbonyl (C=O) groups is 1. The maximum atomic E-state index is 12.7. The molecule has 188 valence electrons. The van der Waals surface area contributed by atoms with Crippen molar-refractivity contribution in [1.29, 1.82) is 0 Å². The summed E-state index contributed by atoms with van der Waals surface area (Å²) in [6.45, 7) is -0.596. The number of nitrogens with two attached hydrogens (primary N) is 1. The molecule has 2 unspecified atom stereocenters. The normalized spacial score (nSPS) is 29.5. The lowest BCUT2D eigenvalue weighted by molar-refractivity contribution is -0.221. The molecular weight excluding hydrogens is 487 g/mol. The van der Waals surface area contributed by atoms with E-state index >= 15 is 0 Å². The van der Waals surface area contributed by atoms with Crippen LogP contribution >= 0.6 is 7.75 Å². The number of H-pyrrole nitrogens is 1. The number of aromatic amines is 1. The Kier molecular flexibility index (Phi) is 5.54. The number of amides is 1. The zero-order valence-corrected chi connectivity index (χ0v) is 19.5. The van der Waals surface area contributed by atoms with E-state index in [2.05, 4.69) is 19.9 Å². The van der Waals surface area contributed by atoms with Crippen LogP contribution in [-0.4, -0.2) is 94.3 Å². The lowest BCUT2D eigenvalue weighted by Gasteiger charge is -2.37. The summed E-state index contributed by atoms with van der Waals surface area (Å²) in [6.07, 6.45) is 0.296. The molecule has 17 heteroatoms. The first-order chi connectivity index (χ1) is 16.5. The molecule has 35 heavy (non-hydrogen) atoms. The number of carbonyl (C=O) groups excluding carboxylic acids is 1. The molecule has 0 spiro atoms. The summed E-state index contributed by atoms with van der Waals surface area (Å²) in [5, 5.41) is 11.2. The lowest BCUT2D eigenvalue weighted by atomic mass is 9.91. The molecule has 16 nitrogen and oxygen atoms in total. The van der Waals surface area contributed by atoms with Crippen LogP contribution in [0.15, 0.2) is 29.8 Å². The first kappa shape index (κ1) is 23.6. The van der Waals surface area contributed by atoms with E-state index < -0.39 is 50.1 Å². The van der Waals surface area contributed by atoms with Crippen LogP contribution in [0, 0.1) is 0 Å². The van der Waals surface area contributed by atoms with Crippen LogP contribution in [0.4, 0.5) is 5.95 Å². The number of nitrogens with one attached hydrogen (secondary N) is 1. The van der Waals surface area contributed by atoms with Gasteiger partial charge >= 0.3 is 7.75 Å². The first-order valence-corrected chi connectivity index (χ1v) is 12.0. The Morgan fingerprint density at radius 2 is 2.20 bits per heavy atom. The molecule has 5 rings (SSSR count). The number of nitrogens with zero attached hydrogens (tertiary/aromatic N) is 6. The van der Waals surface area contributed by atoms with Gasteiger partial charge < -0.3 is 30.1 Å². The molecule has 3 aromatic heterocycles. The SMILES string of the molecule is CN(C)C(=O)C[C@@H]1OC2[C@H](n3cnc4c(=O)[nH]c(N)nc43)O[C@]1(COP(=O)(O)n1ccnc1)[C@@H]2O. The summed E-state index contributed by atoms with van der Waals surface area (Å²) in [5.41, 5.74) is 3.48. The van der Waals surface area contributed by atoms with E-state index in [0.717, 1.165) is 10.7 Å². The van der Waals surface area contributed by atoms with E-state index in [4.69, 9.17) is 19.7 Å². The second-order valence-corrected chi connectivity index (χ2v) is 10.2. The number of imidazole rings is 2. The molecule has 2 aliphatic heterocycles. The zero-order chi connectivity index (χ0) is 25.1. The highest BCUT2D eigenvalue weighted by molar-refractivity contribution is 7.51. The third-order valence-corrected chi connectivity index (χ3v) is 7.41. The van der Waals surface area contributed by atoms with Crippen molar-refractivity contribution in [2.45, 2.75) is 36.6 Å². The first-order valence-electron chi connectivity index (χ1n) is 10.4. The summed E-state index contributed by atoms with van der Waals surface area (Å²) in [4.78, 5) is 50.6. The molecule has 1 amide bonds. The quantitative estimate of drug-likeness (QED) is 0.266. The average Bonchev–Trinajstić information content (AvgIpc) is 3.56. The van der Waals surface area contributed by atoms with Gasteiger partial charge in [0.2, 0.25) is 11.9 Å². The standard InChI is InChI=1S/C18H23N8O8P/c1-24(2)10(27)5-9-18(6-32-35(30,31)25-4-3-20-7-25)13(28)12(33-9)16(34-18)26-8-21-11-14(26)22-17(19)23-15(11)29/h3-4,7-9,12-13,16,28H,5-6H2,1-2H3,(H,30,31)(H3,19,22,23,29)/t9-,12?,13+,16+,18-/m0/s1. The molecule has 5 N–H and O–H groups in total. The van der Waals surface area contributed by atoms with Crippen LogP contribution in [0.1, 0.15) is 12.6 Å². The Labute approximate surface area is 196 Å². The number of aliphatic hydroxyl groups is 1. The van der Waals surface area contributed by atoms with Gasteiger partial charge in [-0.1, -0.05) is 0 Å². The molecular formula is C18H23N8O8P. The van der Waals surface area contributed by atoms with Crippen molar-refractivity contribution in [2.75, 3.05) is 26.4 Å². The summed E-state index contributed by atoms with van der Waals surface area (Å²) in [6, 6.07) is 0. The van der Waals surface area contributed by atoms with Gasteiger partial charge in [-0.25, -0.2) is 18.9 Å². The topological polar surface area (TPSA) is 213 Å². The van der Waals surface area contributed by atoms with Crippen LogP contribution in [0.25, 0.3) is 11.2 Å². The highest BCUT2D eigenvalue weighted by Crippen LogP contribution is 2.53. The fourth-order valence-corrected chi connectivity index (χ4v) is 5.20. The Balaban J connectivity index is 1.50. The molecule has 6 atom stereocenters. The second kappa shape index (κ2) is 8.22. The Morgan fingerprint density at radius 1 is 1.43 bits per heavy atom. The number of aliphatic hydroxyl groups excluding tert-OH is 1. The molecule has 0 aromatic carbocycles. The van der Waals surface area contributed by atoms with E-state index in [0.29, 0.717) is 0 Å². The van der Waals surface area contributed by atoms with E-state index in [1.165, 1.54) is 28.2 Å². The molecule has 0 aliphatic carbocycles. The van der Waals surface area contributed by atoms with Crippen molar-refractivity contribution >= 4 is 30.8 Å². The van der Waals surface area contributed by atoms with Crippen molar-refractivity contribution in [3.63, 3.8) is 0 Å². The van der Waals surface area contributed by atoms with Gasteiger partial charge in [0, 0.05) is 26.5 Å². The van der Waals surface area contributed by atoms with Gasteiger partial charge in [-0.3, -0.25) is 23.7 Å². The van der Waals surface area contributed by atoms with Crippen LogP contribution in [0.5, 0.6) is 0 Å². The van der Waals surface area contributed by atoms with E-state index in [1.54, 1.807) is 14.1 Å². The number of anilines is 1. The van der Waals surface area contributed by atoms with E-state index in [9.17, 15) is 24.2 Å². The molecule has 0 saturated carbocycles. The van der Waals surface area contributed by atoms with Gasteiger partial charge in [0.05, 0.1) is 19.4 Å². The van der Waals surface area contributed by atoms with Crippen LogP contribution in [0.3, 0.4) is 0 Å². The van der Waals surface area contributed by atoms with Crippen molar-refractivity contribution in [1.82, 2.24) is 33.7 Å². The fraction of sp³-hybridized carbons (Fsp3) is 0.500. The molecule has 2 aliphatic rings. The predicted octanol–water partition coefficient (Wildman–Crippen LogP) is -1.56. The third-order valence-electron chi connectivity index (χ3n) is 6.12. The van der Waals surface area contributed by atoms with E-state index in [1.807, 2.05) is 0 Å². The van der Waals surface area contributed by atoms with Gasteiger partial charge in [0.15, 0.2) is 17.4 Å². The summed E-state index contributed by atoms with van der Waals surface area (Å²) < 4.78 is 32.5. The number of ether oxygens (including phenoxy) is 2. The fourth-order valence-electron chi connectivity index (χ4n) is 4.28. The number of fused-ring (bicyclic) bond motifs is 3. The maximum Gasteiger partial charge on any atom is 0.437 e. The van der Waals surface area contributed by atoms with Gasteiger partial charge in [-0.2, -0.15) is 4.98 Å². The Morgan fingerprint density at radius 3 is 2.89 bits per heavy atom. The molecule has 2 fully saturated rings. The largest absolute Gasteiger partial charge is 0.437 e. The minimum absolute atomic E-state index is 0.00957. The highest BCUT2D eigenvalue weighted by atomic mass is 31.2. The Hall–Kier alpha value is -3.14. The van der Waals surface area contributed by atoms with Gasteiger partial charge in [0.1, 0.15) is 30.2 Å². The van der Waals surface area contributed by atoms with Gasteiger partial charge in [0.25, 0.3) is 5.56 Å². The number of hydrogen-bond acceptors (Lipinski definition) is 11. The smallest absolute Gasteiger partial charge is 0.387 e. The molecule has 2 saturated heterocycles. The minimum atomic E-state index is -4.41. The van der Waals surface area contributed by atoms with Crippen LogP contribution < -0.4 is 11.3 Å². The van der Waals surface area contributed by atoms with E-state index in [-0.39, 0.29) is 29.4 Å². The van der Waals surface area contributed by atoms with Crippen molar-refractivity contribution in [2.24, 2.45) is 0 Å². The average molecular weight is 510 g/mol. The number of nitrogen functional groups attached to an aromatic ring is 1. The molecule has 0 radical (unpaired) electrons. The number of hydrogen-bond donors (Lipinski definition) is 4. The van der Waals surface area contributed by atoms with Crippen LogP contribution in [0.2, 0.25) is 0 Å². The number of rotatable bonds is 7. The number of aromatic nitrogens is 6. The molecule has 3 aromatic rings. The zero-order valence-electron chi connectivity index (χ0n) is 18.6. The van der Waals surface area contributed by atoms with Crippen molar-refractivity contribution < 1.29 is 33.4 Å². The predicted molar refractivity (Wildman–Crippen MR) is 117 cm³/mol. The summed E-state index contributed by atoms with van der Waals surface area (Å²) in [7, 11) is -1.29. The Bertz CT molecular complexity index is 1370. The monoisotopic (exact) mass is 510 g/mol. The van der Waals surface area contributed by atoms with Gasteiger partial charge in [-0.15, -0.1) is 0 Å².